The molecular formula is C75H147NO5. The molecule has 0 fully saturated rings. The number of carbonyl (C=O) groups is 2. The van der Waals surface area contributed by atoms with Gasteiger partial charge in [-0.05, 0) is 32.1 Å². The van der Waals surface area contributed by atoms with Crippen LogP contribution in [0.4, 0.5) is 0 Å². The summed E-state index contributed by atoms with van der Waals surface area (Å²) in [4.78, 5) is 24.6. The van der Waals surface area contributed by atoms with E-state index in [9.17, 15) is 19.8 Å². The van der Waals surface area contributed by atoms with Crippen molar-refractivity contribution in [1.82, 2.24) is 5.32 Å². The molecule has 0 aliphatic carbocycles. The Morgan fingerprint density at radius 3 is 0.840 bits per heavy atom. The molecule has 0 aliphatic heterocycles. The SMILES string of the molecule is CCCCCCCCCCCCCCCC/C=C/C(O)C(CO)NC(=O)CCCCCCCCCCCCCCCCCCCCCCCCCCCCCCCCCCCCCOC(=O)CCCCCCCCCCCCCCC. The summed E-state index contributed by atoms with van der Waals surface area (Å²) in [6.07, 6.45) is 89.0. The van der Waals surface area contributed by atoms with E-state index in [-0.39, 0.29) is 18.5 Å². The van der Waals surface area contributed by atoms with Gasteiger partial charge in [-0.15, -0.1) is 0 Å². The van der Waals surface area contributed by atoms with E-state index in [2.05, 4.69) is 19.2 Å². The standard InChI is InChI=1S/C75H147NO5/c1-3-5-7-9-11-13-15-17-18-40-44-47-51-55-59-63-67-73(78)72(71-77)76-74(79)68-64-60-56-52-48-45-41-38-36-34-32-30-28-26-24-22-20-19-21-23-25-27-29-31-33-35-37-39-42-46-50-54-58-62-66-70-81-75(80)69-65-61-57-53-49-43-16-14-12-10-8-6-4-2/h63,67,72-73,77-78H,3-62,64-66,68-71H2,1-2H3,(H,76,79)/b67-63+. The molecule has 6 heteroatoms. The molecule has 0 aromatic rings. The van der Waals surface area contributed by atoms with E-state index < -0.39 is 12.1 Å². The lowest BCUT2D eigenvalue weighted by atomic mass is 10.0. The number of hydrogen-bond acceptors (Lipinski definition) is 5. The molecule has 0 spiro atoms. The average molecular weight is 1140 g/mol. The van der Waals surface area contributed by atoms with Gasteiger partial charge in [-0.3, -0.25) is 9.59 Å². The van der Waals surface area contributed by atoms with Crippen LogP contribution in [0.1, 0.15) is 431 Å². The molecule has 0 bridgehead atoms. The van der Waals surface area contributed by atoms with Crippen LogP contribution in [0.5, 0.6) is 0 Å². The van der Waals surface area contributed by atoms with Gasteiger partial charge in [-0.1, -0.05) is 398 Å². The predicted molar refractivity (Wildman–Crippen MR) is 357 cm³/mol. The topological polar surface area (TPSA) is 95.9 Å². The first kappa shape index (κ1) is 79.6. The molecule has 2 atom stereocenters. The van der Waals surface area contributed by atoms with Crippen molar-refractivity contribution in [2.24, 2.45) is 0 Å². The highest BCUT2D eigenvalue weighted by Gasteiger charge is 2.18. The lowest BCUT2D eigenvalue weighted by Crippen LogP contribution is -2.45. The van der Waals surface area contributed by atoms with Crippen molar-refractivity contribution in [3.63, 3.8) is 0 Å². The minimum absolute atomic E-state index is 0.0248. The first-order chi connectivity index (χ1) is 40.0. The lowest BCUT2D eigenvalue weighted by Gasteiger charge is -2.20. The van der Waals surface area contributed by atoms with Crippen molar-refractivity contribution < 1.29 is 24.5 Å². The minimum atomic E-state index is -0.840. The highest BCUT2D eigenvalue weighted by molar-refractivity contribution is 5.76. The second-order valence-corrected chi connectivity index (χ2v) is 26.0. The Hall–Kier alpha value is -1.40. The van der Waals surface area contributed by atoms with Crippen LogP contribution in [0.15, 0.2) is 12.2 Å². The van der Waals surface area contributed by atoms with E-state index in [1.54, 1.807) is 6.08 Å². The van der Waals surface area contributed by atoms with Gasteiger partial charge in [0, 0.05) is 12.8 Å². The number of nitrogens with one attached hydrogen (secondary N) is 1. The van der Waals surface area contributed by atoms with Crippen LogP contribution < -0.4 is 5.32 Å². The van der Waals surface area contributed by atoms with Gasteiger partial charge in [0.05, 0.1) is 25.4 Å². The molecule has 1 amide bonds. The third-order valence-electron chi connectivity index (χ3n) is 17.8. The summed E-state index contributed by atoms with van der Waals surface area (Å²) in [5.41, 5.74) is 0. The molecule has 0 radical (unpaired) electrons. The van der Waals surface area contributed by atoms with Crippen molar-refractivity contribution in [2.75, 3.05) is 13.2 Å². The first-order valence-corrected chi connectivity index (χ1v) is 37.5. The summed E-state index contributed by atoms with van der Waals surface area (Å²) < 4.78 is 5.50. The van der Waals surface area contributed by atoms with Crippen molar-refractivity contribution in [1.29, 1.82) is 0 Å². The summed E-state index contributed by atoms with van der Waals surface area (Å²) >= 11 is 0. The van der Waals surface area contributed by atoms with E-state index in [0.717, 1.165) is 38.5 Å². The van der Waals surface area contributed by atoms with Gasteiger partial charge >= 0.3 is 5.97 Å². The number of esters is 1. The van der Waals surface area contributed by atoms with E-state index >= 15 is 0 Å². The average Bonchev–Trinajstić information content (AvgIpc) is 3.47. The Morgan fingerprint density at radius 2 is 0.568 bits per heavy atom. The zero-order valence-electron chi connectivity index (χ0n) is 55.3. The molecule has 0 saturated heterocycles. The maximum absolute atomic E-state index is 12.5. The van der Waals surface area contributed by atoms with Gasteiger partial charge in [-0.2, -0.15) is 0 Å². The number of carbonyl (C=O) groups excluding carboxylic acids is 2. The lowest BCUT2D eigenvalue weighted by molar-refractivity contribution is -0.143. The number of ether oxygens (including phenoxy) is 1. The molecule has 0 saturated carbocycles. The van der Waals surface area contributed by atoms with E-state index in [1.165, 1.54) is 366 Å². The van der Waals surface area contributed by atoms with Gasteiger partial charge in [-0.25, -0.2) is 0 Å². The molecule has 482 valence electrons. The second-order valence-electron chi connectivity index (χ2n) is 26.0. The van der Waals surface area contributed by atoms with Crippen LogP contribution in [0, 0.1) is 0 Å². The van der Waals surface area contributed by atoms with Crippen molar-refractivity contribution in [3.05, 3.63) is 12.2 Å². The van der Waals surface area contributed by atoms with Crippen molar-refractivity contribution in [3.8, 4) is 0 Å². The van der Waals surface area contributed by atoms with E-state index in [4.69, 9.17) is 4.74 Å². The molecule has 81 heavy (non-hydrogen) atoms. The van der Waals surface area contributed by atoms with Gasteiger partial charge in [0.2, 0.25) is 5.91 Å². The normalized spacial score (nSPS) is 12.5. The number of aliphatic hydroxyl groups is 2. The van der Waals surface area contributed by atoms with Crippen LogP contribution in [0.25, 0.3) is 0 Å². The molecule has 0 heterocycles. The van der Waals surface area contributed by atoms with Crippen LogP contribution in [-0.2, 0) is 14.3 Å². The summed E-state index contributed by atoms with van der Waals surface area (Å²) in [7, 11) is 0. The van der Waals surface area contributed by atoms with Crippen LogP contribution in [-0.4, -0.2) is 47.4 Å². The van der Waals surface area contributed by atoms with Gasteiger partial charge in [0.25, 0.3) is 0 Å². The second kappa shape index (κ2) is 71.1. The fourth-order valence-electron chi connectivity index (χ4n) is 12.1. The molecule has 0 aliphatic rings. The molecular weight excluding hydrogens is 995 g/mol. The largest absolute Gasteiger partial charge is 0.466 e. The third kappa shape index (κ3) is 67.6. The van der Waals surface area contributed by atoms with Crippen LogP contribution in [0.3, 0.4) is 0 Å². The monoisotopic (exact) mass is 1140 g/mol. The maximum atomic E-state index is 12.5. The van der Waals surface area contributed by atoms with Gasteiger partial charge in [0.1, 0.15) is 0 Å². The van der Waals surface area contributed by atoms with Crippen molar-refractivity contribution >= 4 is 11.9 Å². The highest BCUT2D eigenvalue weighted by atomic mass is 16.5. The first-order valence-electron chi connectivity index (χ1n) is 37.5. The number of rotatable bonds is 71. The molecule has 0 rings (SSSR count). The Morgan fingerprint density at radius 1 is 0.333 bits per heavy atom. The fraction of sp³-hybridized carbons (Fsp3) is 0.947. The highest BCUT2D eigenvalue weighted by Crippen LogP contribution is 2.20. The summed E-state index contributed by atoms with van der Waals surface area (Å²) in [6, 6.07) is -0.623. The molecule has 0 aromatic heterocycles. The Balaban J connectivity index is 3.31. The van der Waals surface area contributed by atoms with E-state index in [1.807, 2.05) is 6.08 Å². The number of unbranched alkanes of at least 4 members (excludes halogenated alkanes) is 60. The van der Waals surface area contributed by atoms with E-state index in [0.29, 0.717) is 19.4 Å². The molecule has 3 N–H and O–H groups in total. The molecule has 6 nitrogen and oxygen atoms in total. The Bertz CT molecular complexity index is 1220. The molecule has 0 aromatic carbocycles. The number of allylic oxidation sites excluding steroid dienone is 1. The zero-order chi connectivity index (χ0) is 58.5. The predicted octanol–water partition coefficient (Wildman–Crippen LogP) is 24.3. The van der Waals surface area contributed by atoms with Gasteiger partial charge < -0.3 is 20.3 Å². The Labute approximate surface area is 508 Å². The van der Waals surface area contributed by atoms with Crippen molar-refractivity contribution in [2.45, 2.75) is 443 Å². The number of aliphatic hydroxyl groups excluding tert-OH is 2. The quantitative estimate of drug-likeness (QED) is 0.0320. The van der Waals surface area contributed by atoms with Gasteiger partial charge in [0.15, 0.2) is 0 Å². The number of hydrogen-bond donors (Lipinski definition) is 3. The Kier molecular flexibility index (Phi) is 69.9. The summed E-state index contributed by atoms with van der Waals surface area (Å²) in [5, 5.41) is 23.2. The smallest absolute Gasteiger partial charge is 0.305 e. The third-order valence-corrected chi connectivity index (χ3v) is 17.8. The minimum Gasteiger partial charge on any atom is -0.466 e. The maximum Gasteiger partial charge on any atom is 0.305 e. The van der Waals surface area contributed by atoms with Crippen LogP contribution >= 0.6 is 0 Å². The summed E-state index contributed by atoms with van der Waals surface area (Å²) in [5.74, 6) is -0.0343. The molecule has 2 unspecified atom stereocenters. The summed E-state index contributed by atoms with van der Waals surface area (Å²) in [6.45, 7) is 4.95. The zero-order valence-corrected chi connectivity index (χ0v) is 55.3. The number of amides is 1. The fourth-order valence-corrected chi connectivity index (χ4v) is 12.1. The van der Waals surface area contributed by atoms with Crippen LogP contribution in [0.2, 0.25) is 0 Å².